The van der Waals surface area contributed by atoms with Gasteiger partial charge < -0.3 is 15.1 Å². The van der Waals surface area contributed by atoms with E-state index in [1.54, 1.807) is 24.5 Å². The second-order valence-corrected chi connectivity index (χ2v) is 9.08. The fourth-order valence-electron chi connectivity index (χ4n) is 4.93. The van der Waals surface area contributed by atoms with Crippen molar-refractivity contribution >= 4 is 34.6 Å². The van der Waals surface area contributed by atoms with Gasteiger partial charge in [-0.15, -0.1) is 0 Å². The van der Waals surface area contributed by atoms with Crippen LogP contribution in [0.5, 0.6) is 0 Å². The van der Waals surface area contributed by atoms with Gasteiger partial charge in [-0.2, -0.15) is 0 Å². The number of aromatic nitrogens is 1. The molecule has 2 unspecified atom stereocenters. The highest BCUT2D eigenvalue weighted by atomic mass is 35.5. The summed E-state index contributed by atoms with van der Waals surface area (Å²) in [6.07, 6.45) is 3.88. The minimum Gasteiger partial charge on any atom is -0.368 e. The van der Waals surface area contributed by atoms with Crippen molar-refractivity contribution in [1.29, 1.82) is 0 Å². The number of non-ortho nitro benzene ring substituents is 1. The van der Waals surface area contributed by atoms with Gasteiger partial charge in [0.1, 0.15) is 0 Å². The van der Waals surface area contributed by atoms with Gasteiger partial charge in [-0.1, -0.05) is 17.7 Å². The molecule has 2 aliphatic heterocycles. The number of pyridine rings is 1. The highest BCUT2D eigenvalue weighted by molar-refractivity contribution is 6.30. The minimum absolute atomic E-state index is 0.0477. The number of carbonyl (C=O) groups is 1. The summed E-state index contributed by atoms with van der Waals surface area (Å²) < 4.78 is 0. The number of piperazine rings is 1. The summed E-state index contributed by atoms with van der Waals surface area (Å²) in [5.41, 5.74) is 3.85. The lowest BCUT2D eigenvalue weighted by atomic mass is 9.83. The number of fused-ring (bicyclic) bond motifs is 3. The molecule has 0 spiro atoms. The van der Waals surface area contributed by atoms with Crippen molar-refractivity contribution in [3.63, 3.8) is 0 Å². The third kappa shape index (κ3) is 4.41. The highest BCUT2D eigenvalue weighted by Crippen LogP contribution is 2.38. The number of halogens is 1. The van der Waals surface area contributed by atoms with Crippen molar-refractivity contribution < 1.29 is 9.72 Å². The molecule has 2 atom stereocenters. The Kier molecular flexibility index (Phi) is 6.06. The largest absolute Gasteiger partial charge is 0.368 e. The van der Waals surface area contributed by atoms with Crippen LogP contribution >= 0.6 is 11.6 Å². The van der Waals surface area contributed by atoms with E-state index in [1.807, 2.05) is 42.5 Å². The SMILES string of the molecule is O=C(NCc1cccnc1)C1Cc2cc([N+](=O)[O-])ccc2N2CCN(c3ccc(Cl)cc3)CC12. The molecular weight excluding hydrogens is 454 g/mol. The first-order chi connectivity index (χ1) is 16.5. The first-order valence-electron chi connectivity index (χ1n) is 11.2. The van der Waals surface area contributed by atoms with Gasteiger partial charge in [-0.3, -0.25) is 19.9 Å². The van der Waals surface area contributed by atoms with Crippen LogP contribution in [0, 0.1) is 16.0 Å². The first-order valence-corrected chi connectivity index (χ1v) is 11.6. The standard InChI is InChI=1S/C25H24ClN5O3/c26-19-3-5-20(6-4-19)29-10-11-30-23-8-7-21(31(33)34)12-18(23)13-22(24(30)16-29)25(32)28-15-17-2-1-9-27-14-17/h1-9,12,14,22,24H,10-11,13,15-16H2,(H,28,32). The Morgan fingerprint density at radius 1 is 1.18 bits per heavy atom. The van der Waals surface area contributed by atoms with Crippen molar-refractivity contribution in [3.05, 3.63) is 93.3 Å². The molecular formula is C25H24ClN5O3. The van der Waals surface area contributed by atoms with Gasteiger partial charge in [0.05, 0.1) is 16.9 Å². The molecule has 5 rings (SSSR count). The molecule has 174 valence electrons. The molecule has 0 bridgehead atoms. The average molecular weight is 478 g/mol. The van der Waals surface area contributed by atoms with E-state index in [9.17, 15) is 14.9 Å². The van der Waals surface area contributed by atoms with Crippen LogP contribution in [0.25, 0.3) is 0 Å². The maximum absolute atomic E-state index is 13.4. The number of nitro benzene ring substituents is 1. The van der Waals surface area contributed by atoms with Gasteiger partial charge in [-0.05, 0) is 53.9 Å². The number of amides is 1. The van der Waals surface area contributed by atoms with Gasteiger partial charge in [0.15, 0.2) is 0 Å². The molecule has 0 radical (unpaired) electrons. The zero-order valence-electron chi connectivity index (χ0n) is 18.4. The molecule has 1 saturated heterocycles. The number of hydrogen-bond donors (Lipinski definition) is 1. The topological polar surface area (TPSA) is 91.6 Å². The summed E-state index contributed by atoms with van der Waals surface area (Å²) in [6, 6.07) is 16.4. The van der Waals surface area contributed by atoms with Gasteiger partial charge >= 0.3 is 0 Å². The molecule has 9 heteroatoms. The third-order valence-corrected chi connectivity index (χ3v) is 6.88. The Labute approximate surface area is 202 Å². The number of rotatable bonds is 5. The van der Waals surface area contributed by atoms with Crippen molar-refractivity contribution in [2.45, 2.75) is 19.0 Å². The van der Waals surface area contributed by atoms with Crippen molar-refractivity contribution in [2.24, 2.45) is 5.92 Å². The normalized spacial score (nSPS) is 19.2. The Bertz CT molecular complexity index is 1200. The molecule has 1 aromatic heterocycles. The number of carbonyl (C=O) groups excluding carboxylic acids is 1. The first kappa shape index (κ1) is 22.2. The smallest absolute Gasteiger partial charge is 0.269 e. The average Bonchev–Trinajstić information content (AvgIpc) is 2.87. The quantitative estimate of drug-likeness (QED) is 0.443. The van der Waals surface area contributed by atoms with Crippen LogP contribution in [-0.4, -0.2) is 41.5 Å². The van der Waals surface area contributed by atoms with Gasteiger partial charge in [-0.25, -0.2) is 0 Å². The Morgan fingerprint density at radius 3 is 2.74 bits per heavy atom. The second kappa shape index (κ2) is 9.30. The van der Waals surface area contributed by atoms with Gasteiger partial charge in [0, 0.05) is 67.1 Å². The summed E-state index contributed by atoms with van der Waals surface area (Å²) in [5, 5.41) is 15.1. The number of benzene rings is 2. The molecule has 34 heavy (non-hydrogen) atoms. The molecule has 0 aliphatic carbocycles. The predicted molar refractivity (Wildman–Crippen MR) is 131 cm³/mol. The third-order valence-electron chi connectivity index (χ3n) is 6.62. The lowest BCUT2D eigenvalue weighted by Crippen LogP contribution is -2.61. The van der Waals surface area contributed by atoms with E-state index in [2.05, 4.69) is 20.1 Å². The lowest BCUT2D eigenvalue weighted by Gasteiger charge is -2.49. The summed E-state index contributed by atoms with van der Waals surface area (Å²) in [6.45, 7) is 2.55. The zero-order valence-corrected chi connectivity index (χ0v) is 19.2. The molecule has 3 heterocycles. The zero-order chi connectivity index (χ0) is 23.7. The number of nitrogens with zero attached hydrogens (tertiary/aromatic N) is 4. The summed E-state index contributed by atoms with van der Waals surface area (Å²) >= 11 is 6.07. The molecule has 1 amide bonds. The van der Waals surface area contributed by atoms with E-state index in [-0.39, 0.29) is 28.5 Å². The molecule has 0 saturated carbocycles. The van der Waals surface area contributed by atoms with Gasteiger partial charge in [0.2, 0.25) is 5.91 Å². The van der Waals surface area contributed by atoms with Crippen molar-refractivity contribution in [3.8, 4) is 0 Å². The molecule has 3 aromatic rings. The maximum Gasteiger partial charge on any atom is 0.269 e. The molecule has 8 nitrogen and oxygen atoms in total. The van der Waals surface area contributed by atoms with Crippen LogP contribution in [0.2, 0.25) is 5.02 Å². The molecule has 2 aliphatic rings. The van der Waals surface area contributed by atoms with Crippen molar-refractivity contribution in [1.82, 2.24) is 10.3 Å². The lowest BCUT2D eigenvalue weighted by molar-refractivity contribution is -0.384. The van der Waals surface area contributed by atoms with Crippen LogP contribution in [-0.2, 0) is 17.8 Å². The maximum atomic E-state index is 13.4. The Morgan fingerprint density at radius 2 is 2.00 bits per heavy atom. The fraction of sp³-hybridized carbons (Fsp3) is 0.280. The van der Waals surface area contributed by atoms with Crippen LogP contribution < -0.4 is 15.1 Å². The molecule has 2 aromatic carbocycles. The monoisotopic (exact) mass is 477 g/mol. The van der Waals surface area contributed by atoms with Crippen molar-refractivity contribution in [2.75, 3.05) is 29.4 Å². The van der Waals surface area contributed by atoms with E-state index in [4.69, 9.17) is 11.6 Å². The predicted octanol–water partition coefficient (Wildman–Crippen LogP) is 3.83. The second-order valence-electron chi connectivity index (χ2n) is 8.64. The van der Waals surface area contributed by atoms with E-state index < -0.39 is 0 Å². The van der Waals surface area contributed by atoms with Crippen LogP contribution in [0.3, 0.4) is 0 Å². The number of anilines is 2. The number of nitrogens with one attached hydrogen (secondary N) is 1. The van der Waals surface area contributed by atoms with Crippen LogP contribution in [0.4, 0.5) is 17.1 Å². The molecule has 1 fully saturated rings. The molecule has 1 N–H and O–H groups in total. The van der Waals surface area contributed by atoms with Crippen LogP contribution in [0.1, 0.15) is 11.1 Å². The fourth-order valence-corrected chi connectivity index (χ4v) is 5.06. The van der Waals surface area contributed by atoms with E-state index >= 15 is 0 Å². The van der Waals surface area contributed by atoms with E-state index in [0.717, 1.165) is 29.0 Å². The summed E-state index contributed by atoms with van der Waals surface area (Å²) in [5.74, 6) is -0.407. The Hall–Kier alpha value is -3.65. The number of hydrogen-bond acceptors (Lipinski definition) is 6. The van der Waals surface area contributed by atoms with E-state index in [0.29, 0.717) is 31.1 Å². The van der Waals surface area contributed by atoms with Crippen LogP contribution in [0.15, 0.2) is 67.0 Å². The minimum atomic E-state index is -0.387. The summed E-state index contributed by atoms with van der Waals surface area (Å²) in [7, 11) is 0. The Balaban J connectivity index is 1.43. The van der Waals surface area contributed by atoms with E-state index in [1.165, 1.54) is 0 Å². The highest BCUT2D eigenvalue weighted by Gasteiger charge is 2.42. The van der Waals surface area contributed by atoms with Gasteiger partial charge in [0.25, 0.3) is 5.69 Å². The summed E-state index contributed by atoms with van der Waals surface area (Å²) in [4.78, 5) is 33.0. The number of nitro groups is 1.